The lowest BCUT2D eigenvalue weighted by atomic mass is 10.3. The molecular formula is C7H10N2O2. The van der Waals surface area contributed by atoms with Crippen molar-refractivity contribution in [1.29, 1.82) is 0 Å². The van der Waals surface area contributed by atoms with Crippen LogP contribution in [0.3, 0.4) is 0 Å². The number of methoxy groups -OCH3 is 1. The number of carbonyl (C=O) groups excluding carboxylic acids is 1. The van der Waals surface area contributed by atoms with E-state index in [0.717, 1.165) is 0 Å². The molecular weight excluding hydrogens is 144 g/mol. The minimum absolute atomic E-state index is 0.0400. The Morgan fingerprint density at radius 1 is 1.73 bits per heavy atom. The minimum Gasteiger partial charge on any atom is -0.493 e. The number of rotatable bonds is 2. The maximum atomic E-state index is 11.0. The van der Waals surface area contributed by atoms with Crippen molar-refractivity contribution in [2.45, 2.75) is 6.92 Å². The zero-order valence-electron chi connectivity index (χ0n) is 6.79. The normalized spacial score (nSPS) is 9.73. The van der Waals surface area contributed by atoms with Crippen LogP contribution >= 0.6 is 0 Å². The molecule has 11 heavy (non-hydrogen) atoms. The average molecular weight is 154 g/mol. The second-order valence-electron chi connectivity index (χ2n) is 2.24. The maximum absolute atomic E-state index is 11.0. The van der Waals surface area contributed by atoms with Crippen LogP contribution in [0.25, 0.3) is 0 Å². The lowest BCUT2D eigenvalue weighted by Crippen LogP contribution is -2.04. The Bertz CT molecular complexity index is 278. The first-order valence-electron chi connectivity index (χ1n) is 3.23. The fraction of sp³-hybridized carbons (Fsp3) is 0.429. The third-order valence-electron chi connectivity index (χ3n) is 1.46. The van der Waals surface area contributed by atoms with E-state index in [-0.39, 0.29) is 5.78 Å². The molecule has 0 saturated heterocycles. The predicted molar refractivity (Wildman–Crippen MR) is 39.8 cm³/mol. The molecule has 0 aliphatic rings. The van der Waals surface area contributed by atoms with E-state index in [9.17, 15) is 4.79 Å². The Balaban J connectivity index is 3.17. The number of aromatic nitrogens is 2. The summed E-state index contributed by atoms with van der Waals surface area (Å²) < 4.78 is 6.42. The third-order valence-corrected chi connectivity index (χ3v) is 1.46. The van der Waals surface area contributed by atoms with Gasteiger partial charge in [-0.3, -0.25) is 9.48 Å². The summed E-state index contributed by atoms with van der Waals surface area (Å²) in [7, 11) is 3.22. The molecule has 1 heterocycles. The SMILES string of the molecule is COc1cnn(C)c1C(C)=O. The number of Topliss-reactive ketones (excluding diaryl/α,β-unsaturated/α-hetero) is 1. The molecule has 0 amide bonds. The van der Waals surface area contributed by atoms with Gasteiger partial charge in [-0.05, 0) is 0 Å². The highest BCUT2D eigenvalue weighted by atomic mass is 16.5. The van der Waals surface area contributed by atoms with Crippen molar-refractivity contribution < 1.29 is 9.53 Å². The van der Waals surface area contributed by atoms with Crippen molar-refractivity contribution >= 4 is 5.78 Å². The first kappa shape index (κ1) is 7.78. The molecule has 0 bridgehead atoms. The zero-order valence-corrected chi connectivity index (χ0v) is 6.79. The highest BCUT2D eigenvalue weighted by Gasteiger charge is 2.12. The van der Waals surface area contributed by atoms with E-state index in [4.69, 9.17) is 4.74 Å². The lowest BCUT2D eigenvalue weighted by Gasteiger charge is -1.98. The molecule has 0 atom stereocenters. The van der Waals surface area contributed by atoms with Crippen molar-refractivity contribution in [2.75, 3.05) is 7.11 Å². The number of carbonyl (C=O) groups is 1. The second kappa shape index (κ2) is 2.74. The van der Waals surface area contributed by atoms with Gasteiger partial charge in [-0.25, -0.2) is 0 Å². The molecule has 0 aliphatic carbocycles. The average Bonchev–Trinajstić information content (AvgIpc) is 2.30. The highest BCUT2D eigenvalue weighted by molar-refractivity contribution is 5.94. The molecule has 1 rings (SSSR count). The monoisotopic (exact) mass is 154 g/mol. The van der Waals surface area contributed by atoms with Crippen molar-refractivity contribution in [3.05, 3.63) is 11.9 Å². The van der Waals surface area contributed by atoms with Crippen LogP contribution in [0.15, 0.2) is 6.20 Å². The molecule has 0 N–H and O–H groups in total. The molecule has 4 nitrogen and oxygen atoms in total. The Kier molecular flexibility index (Phi) is 1.94. The smallest absolute Gasteiger partial charge is 0.181 e. The molecule has 1 aromatic heterocycles. The summed E-state index contributed by atoms with van der Waals surface area (Å²) in [4.78, 5) is 11.0. The van der Waals surface area contributed by atoms with Crippen LogP contribution in [0, 0.1) is 0 Å². The van der Waals surface area contributed by atoms with Gasteiger partial charge in [-0.2, -0.15) is 5.10 Å². The molecule has 0 fully saturated rings. The quantitative estimate of drug-likeness (QED) is 0.587. The van der Waals surface area contributed by atoms with Gasteiger partial charge in [0.2, 0.25) is 0 Å². The van der Waals surface area contributed by atoms with Crippen LogP contribution in [0.5, 0.6) is 5.75 Å². The van der Waals surface area contributed by atoms with Crippen LogP contribution in [-0.4, -0.2) is 22.7 Å². The van der Waals surface area contributed by atoms with Crippen LogP contribution in [0.4, 0.5) is 0 Å². The molecule has 4 heteroatoms. The maximum Gasteiger partial charge on any atom is 0.181 e. The van der Waals surface area contributed by atoms with Gasteiger partial charge in [0, 0.05) is 14.0 Å². The van der Waals surface area contributed by atoms with Gasteiger partial charge in [0.15, 0.2) is 11.5 Å². The third kappa shape index (κ3) is 1.24. The fourth-order valence-corrected chi connectivity index (χ4v) is 0.968. The van der Waals surface area contributed by atoms with Gasteiger partial charge in [-0.15, -0.1) is 0 Å². The summed E-state index contributed by atoms with van der Waals surface area (Å²) in [5.41, 5.74) is 0.507. The van der Waals surface area contributed by atoms with Gasteiger partial charge in [0.25, 0.3) is 0 Å². The number of aryl methyl sites for hydroxylation is 1. The van der Waals surface area contributed by atoms with Crippen LogP contribution in [0.1, 0.15) is 17.4 Å². The number of ether oxygens (including phenoxy) is 1. The molecule has 1 aromatic rings. The summed E-state index contributed by atoms with van der Waals surface area (Å²) in [6, 6.07) is 0. The Morgan fingerprint density at radius 3 is 2.73 bits per heavy atom. The number of hydrogen-bond donors (Lipinski definition) is 0. The van der Waals surface area contributed by atoms with Crippen molar-refractivity contribution in [2.24, 2.45) is 7.05 Å². The first-order chi connectivity index (χ1) is 5.16. The van der Waals surface area contributed by atoms with Crippen molar-refractivity contribution in [3.8, 4) is 5.75 Å². The molecule has 0 radical (unpaired) electrons. The summed E-state index contributed by atoms with van der Waals surface area (Å²) in [6.45, 7) is 1.49. The van der Waals surface area contributed by atoms with Crippen LogP contribution in [0.2, 0.25) is 0 Å². The van der Waals surface area contributed by atoms with E-state index in [2.05, 4.69) is 5.10 Å². The van der Waals surface area contributed by atoms with Gasteiger partial charge in [0.1, 0.15) is 5.69 Å². The molecule has 0 aliphatic heterocycles. The fourth-order valence-electron chi connectivity index (χ4n) is 0.968. The van der Waals surface area contributed by atoms with E-state index in [1.165, 1.54) is 24.9 Å². The summed E-state index contributed by atoms with van der Waals surface area (Å²) in [6.07, 6.45) is 1.52. The van der Waals surface area contributed by atoms with E-state index < -0.39 is 0 Å². The van der Waals surface area contributed by atoms with Gasteiger partial charge in [-0.1, -0.05) is 0 Å². The number of hydrogen-bond acceptors (Lipinski definition) is 3. The van der Waals surface area contributed by atoms with E-state index in [0.29, 0.717) is 11.4 Å². The molecule has 0 aromatic carbocycles. The van der Waals surface area contributed by atoms with Crippen LogP contribution < -0.4 is 4.74 Å². The summed E-state index contributed by atoms with van der Waals surface area (Å²) in [5, 5.41) is 3.88. The van der Waals surface area contributed by atoms with Gasteiger partial charge >= 0.3 is 0 Å². The first-order valence-corrected chi connectivity index (χ1v) is 3.23. The summed E-state index contributed by atoms with van der Waals surface area (Å²) >= 11 is 0. The number of ketones is 1. The molecule has 0 saturated carbocycles. The molecule has 0 unspecified atom stereocenters. The molecule has 60 valence electrons. The highest BCUT2D eigenvalue weighted by Crippen LogP contribution is 2.16. The Labute approximate surface area is 64.8 Å². The zero-order chi connectivity index (χ0) is 8.43. The van der Waals surface area contributed by atoms with Gasteiger partial charge in [0.05, 0.1) is 13.3 Å². The van der Waals surface area contributed by atoms with E-state index in [1.54, 1.807) is 7.05 Å². The lowest BCUT2D eigenvalue weighted by molar-refractivity contribution is 0.100. The standard InChI is InChI=1S/C7H10N2O2/c1-5(10)7-6(11-3)4-8-9(7)2/h4H,1-3H3. The second-order valence-corrected chi connectivity index (χ2v) is 2.24. The Hall–Kier alpha value is -1.32. The van der Waals surface area contributed by atoms with Gasteiger partial charge < -0.3 is 4.74 Å². The van der Waals surface area contributed by atoms with E-state index >= 15 is 0 Å². The van der Waals surface area contributed by atoms with Crippen molar-refractivity contribution in [1.82, 2.24) is 9.78 Å². The van der Waals surface area contributed by atoms with Crippen LogP contribution in [-0.2, 0) is 7.05 Å². The largest absolute Gasteiger partial charge is 0.493 e. The van der Waals surface area contributed by atoms with Crippen molar-refractivity contribution in [3.63, 3.8) is 0 Å². The molecule has 0 spiro atoms. The predicted octanol–water partition coefficient (Wildman–Crippen LogP) is 0.631. The topological polar surface area (TPSA) is 44.1 Å². The minimum atomic E-state index is -0.0400. The number of nitrogens with zero attached hydrogens (tertiary/aromatic N) is 2. The Morgan fingerprint density at radius 2 is 2.36 bits per heavy atom. The summed E-state index contributed by atoms with van der Waals surface area (Å²) in [5.74, 6) is 0.488. The van der Waals surface area contributed by atoms with E-state index in [1.807, 2.05) is 0 Å².